The number of hydrogen-bond acceptors (Lipinski definition) is 3. The number of benzene rings is 1. The topological polar surface area (TPSA) is 42.1 Å². The lowest BCUT2D eigenvalue weighted by molar-refractivity contribution is -0.157. The molecule has 2 heterocycles. The van der Waals surface area contributed by atoms with Gasteiger partial charge in [-0.3, -0.25) is 4.79 Å². The maximum absolute atomic E-state index is 13.1. The highest BCUT2D eigenvalue weighted by molar-refractivity contribution is 8.00. The van der Waals surface area contributed by atoms with Crippen molar-refractivity contribution < 1.29 is 22.7 Å². The highest BCUT2D eigenvalue weighted by Crippen LogP contribution is 2.71. The van der Waals surface area contributed by atoms with Crippen LogP contribution in [0.1, 0.15) is 47.4 Å². The van der Waals surface area contributed by atoms with Crippen molar-refractivity contribution in [2.75, 3.05) is 12.9 Å². The molecule has 2 bridgehead atoms. The number of nitrogens with one attached hydrogen (secondary N) is 1. The van der Waals surface area contributed by atoms with E-state index in [1.54, 1.807) is 23.9 Å². The van der Waals surface area contributed by atoms with Crippen LogP contribution in [0.2, 0.25) is 0 Å². The van der Waals surface area contributed by atoms with E-state index in [4.69, 9.17) is 4.74 Å². The number of rotatable bonds is 2. The summed E-state index contributed by atoms with van der Waals surface area (Å²) in [7, 11) is 1.43. The van der Waals surface area contributed by atoms with Crippen LogP contribution in [0.25, 0.3) is 0 Å². The van der Waals surface area contributed by atoms with Crippen molar-refractivity contribution in [3.8, 4) is 0 Å². The first-order chi connectivity index (χ1) is 13.4. The van der Waals surface area contributed by atoms with Gasteiger partial charge in [0.1, 0.15) is 0 Å². The predicted molar refractivity (Wildman–Crippen MR) is 100 cm³/mol. The Morgan fingerprint density at radius 1 is 1.21 bits per heavy atom. The Morgan fingerprint density at radius 3 is 2.64 bits per heavy atom. The number of alkyl halides is 3. The molecule has 4 aliphatic rings. The van der Waals surface area contributed by atoms with E-state index in [1.807, 2.05) is 12.4 Å². The molecule has 7 heteroatoms. The minimum Gasteiger partial charge on any atom is -0.469 e. The molecule has 0 spiro atoms. The molecule has 3 aliphatic carbocycles. The highest BCUT2D eigenvalue weighted by atomic mass is 32.2. The van der Waals surface area contributed by atoms with E-state index in [9.17, 15) is 18.0 Å². The zero-order valence-corrected chi connectivity index (χ0v) is 16.1. The first kappa shape index (κ1) is 18.2. The SMILES string of the molecule is COC(=O)C12CCSC1C1(c3ccc(C(F)(F)F)cc3)CCC2c2c[nH]cc21. The lowest BCUT2D eigenvalue weighted by Crippen LogP contribution is -2.60. The number of hydrogen-bond donors (Lipinski definition) is 1. The third kappa shape index (κ3) is 2.06. The quantitative estimate of drug-likeness (QED) is 0.722. The summed E-state index contributed by atoms with van der Waals surface area (Å²) in [4.78, 5) is 16.2. The number of esters is 1. The van der Waals surface area contributed by atoms with Crippen molar-refractivity contribution in [2.24, 2.45) is 5.41 Å². The summed E-state index contributed by atoms with van der Waals surface area (Å²) in [5, 5.41) is -0.0359. The molecule has 4 unspecified atom stereocenters. The molecule has 148 valence electrons. The molecule has 3 nitrogen and oxygen atoms in total. The Kier molecular flexibility index (Phi) is 3.77. The average Bonchev–Trinajstić information content (AvgIpc) is 3.36. The standard InChI is InChI=1S/C21H20F3NO2S/c1-27-18(26)20-8-9-28-17(20)19(7-6-15(20)14-10-25-11-16(14)19)12-2-4-13(5-3-12)21(22,23)24/h2-5,10-11,15,17,25H,6-9H2,1H3. The molecule has 1 saturated carbocycles. The summed E-state index contributed by atoms with van der Waals surface area (Å²) >= 11 is 1.77. The summed E-state index contributed by atoms with van der Waals surface area (Å²) in [6.07, 6.45) is 1.97. The fourth-order valence-corrected chi connectivity index (χ4v) is 8.07. The number of methoxy groups -OCH3 is 1. The highest BCUT2D eigenvalue weighted by Gasteiger charge is 2.70. The molecule has 2 aromatic rings. The van der Waals surface area contributed by atoms with Gasteiger partial charge < -0.3 is 9.72 Å². The zero-order chi connectivity index (χ0) is 19.7. The van der Waals surface area contributed by atoms with Crippen molar-refractivity contribution in [1.29, 1.82) is 0 Å². The first-order valence-corrected chi connectivity index (χ1v) is 10.5. The Morgan fingerprint density at radius 2 is 1.96 bits per heavy atom. The summed E-state index contributed by atoms with van der Waals surface area (Å²) in [5.74, 6) is 0.764. The monoisotopic (exact) mass is 407 g/mol. The predicted octanol–water partition coefficient (Wildman–Crippen LogP) is 4.88. The Balaban J connectivity index is 1.73. The second-order valence-corrected chi connectivity index (χ2v) is 9.21. The van der Waals surface area contributed by atoms with Crippen molar-refractivity contribution in [1.82, 2.24) is 4.98 Å². The molecule has 4 atom stereocenters. The van der Waals surface area contributed by atoms with Crippen LogP contribution < -0.4 is 0 Å². The largest absolute Gasteiger partial charge is 0.469 e. The summed E-state index contributed by atoms with van der Waals surface area (Å²) < 4.78 is 44.6. The van der Waals surface area contributed by atoms with Gasteiger partial charge in [0.25, 0.3) is 0 Å². The van der Waals surface area contributed by atoms with Gasteiger partial charge in [0.15, 0.2) is 0 Å². The molecule has 1 aromatic carbocycles. The van der Waals surface area contributed by atoms with Crippen LogP contribution in [0.5, 0.6) is 0 Å². The van der Waals surface area contributed by atoms with Crippen LogP contribution in [0.4, 0.5) is 13.2 Å². The molecular formula is C21H20F3NO2S. The van der Waals surface area contributed by atoms with E-state index in [1.165, 1.54) is 7.11 Å². The van der Waals surface area contributed by atoms with Gasteiger partial charge in [-0.2, -0.15) is 24.9 Å². The van der Waals surface area contributed by atoms with Crippen LogP contribution in [0.3, 0.4) is 0 Å². The van der Waals surface area contributed by atoms with Gasteiger partial charge in [0.2, 0.25) is 0 Å². The van der Waals surface area contributed by atoms with E-state index >= 15 is 0 Å². The second-order valence-electron chi connectivity index (χ2n) is 7.99. The number of carbonyl (C=O) groups excluding carboxylic acids is 1. The fraction of sp³-hybridized carbons (Fsp3) is 0.476. The van der Waals surface area contributed by atoms with E-state index in [0.717, 1.165) is 53.8 Å². The number of ether oxygens (including phenoxy) is 1. The lowest BCUT2D eigenvalue weighted by Gasteiger charge is -2.58. The molecular weight excluding hydrogens is 387 g/mol. The smallest absolute Gasteiger partial charge is 0.416 e. The van der Waals surface area contributed by atoms with E-state index in [2.05, 4.69) is 4.98 Å². The number of thioether (sulfide) groups is 1. The van der Waals surface area contributed by atoms with E-state index in [-0.39, 0.29) is 17.1 Å². The molecule has 1 saturated heterocycles. The minimum atomic E-state index is -4.36. The van der Waals surface area contributed by atoms with Gasteiger partial charge in [0.05, 0.1) is 18.1 Å². The molecule has 0 radical (unpaired) electrons. The fourth-order valence-electron chi connectivity index (χ4n) is 6.03. The lowest BCUT2D eigenvalue weighted by atomic mass is 9.46. The maximum Gasteiger partial charge on any atom is 0.416 e. The van der Waals surface area contributed by atoms with Gasteiger partial charge in [-0.05, 0) is 53.8 Å². The van der Waals surface area contributed by atoms with Crippen molar-refractivity contribution in [2.45, 2.75) is 42.0 Å². The molecule has 0 amide bonds. The van der Waals surface area contributed by atoms with E-state index < -0.39 is 22.6 Å². The van der Waals surface area contributed by atoms with Crippen molar-refractivity contribution >= 4 is 17.7 Å². The second kappa shape index (κ2) is 5.81. The van der Waals surface area contributed by atoms with Gasteiger partial charge in [-0.1, -0.05) is 12.1 Å². The van der Waals surface area contributed by atoms with Crippen molar-refractivity contribution in [3.05, 3.63) is 58.9 Å². The van der Waals surface area contributed by atoms with Gasteiger partial charge in [-0.25, -0.2) is 0 Å². The van der Waals surface area contributed by atoms with Crippen LogP contribution in [-0.2, 0) is 21.1 Å². The first-order valence-electron chi connectivity index (χ1n) is 9.40. The van der Waals surface area contributed by atoms with Gasteiger partial charge >= 0.3 is 12.1 Å². The zero-order valence-electron chi connectivity index (χ0n) is 15.3. The number of halogens is 3. The van der Waals surface area contributed by atoms with E-state index in [0.29, 0.717) is 0 Å². The van der Waals surface area contributed by atoms with Crippen LogP contribution in [-0.4, -0.2) is 29.1 Å². The normalized spacial score (nSPS) is 33.4. The Bertz CT molecular complexity index is 938. The van der Waals surface area contributed by atoms with Crippen LogP contribution in [0, 0.1) is 5.41 Å². The molecule has 1 aromatic heterocycles. The number of fused-ring (bicyclic) bond motifs is 1. The number of carbonyl (C=O) groups is 1. The summed E-state index contributed by atoms with van der Waals surface area (Å²) in [6.45, 7) is 0. The molecule has 1 N–H and O–H groups in total. The molecule has 1 aliphatic heterocycles. The summed E-state index contributed by atoms with van der Waals surface area (Å²) in [6, 6.07) is 5.53. The van der Waals surface area contributed by atoms with Gasteiger partial charge in [-0.15, -0.1) is 0 Å². The minimum absolute atomic E-state index is 0.0359. The molecule has 6 rings (SSSR count). The van der Waals surface area contributed by atoms with Crippen LogP contribution >= 0.6 is 11.8 Å². The summed E-state index contributed by atoms with van der Waals surface area (Å²) in [5.41, 5.74) is 1.36. The molecule has 28 heavy (non-hydrogen) atoms. The number of aromatic amines is 1. The Labute approximate surface area is 165 Å². The average molecular weight is 407 g/mol. The number of aromatic nitrogens is 1. The maximum atomic E-state index is 13.1. The van der Waals surface area contributed by atoms with Crippen LogP contribution in [0.15, 0.2) is 36.7 Å². The third-order valence-corrected chi connectivity index (χ3v) is 8.69. The van der Waals surface area contributed by atoms with Crippen molar-refractivity contribution in [3.63, 3.8) is 0 Å². The van der Waals surface area contributed by atoms with Gasteiger partial charge in [0, 0.05) is 29.0 Å². The molecule has 2 fully saturated rings. The number of H-pyrrole nitrogens is 1. The Hall–Kier alpha value is -1.89. The third-order valence-electron chi connectivity index (χ3n) is 7.09.